The minimum atomic E-state index is -0.193. The Kier molecular flexibility index (Phi) is 7.51. The highest BCUT2D eigenvalue weighted by Gasteiger charge is 2.38. The molecule has 0 saturated heterocycles. The highest BCUT2D eigenvalue weighted by Crippen LogP contribution is 2.25. The van der Waals surface area contributed by atoms with Crippen molar-refractivity contribution >= 4 is 17.5 Å². The van der Waals surface area contributed by atoms with Crippen LogP contribution in [0.3, 0.4) is 0 Å². The lowest BCUT2D eigenvalue weighted by Crippen LogP contribution is -2.51. The van der Waals surface area contributed by atoms with Crippen molar-refractivity contribution in [3.63, 3.8) is 0 Å². The van der Waals surface area contributed by atoms with Gasteiger partial charge in [0.15, 0.2) is 5.69 Å². The summed E-state index contributed by atoms with van der Waals surface area (Å²) in [5, 5.41) is 20.8. The van der Waals surface area contributed by atoms with Crippen LogP contribution >= 0.6 is 0 Å². The normalized spacial score (nSPS) is 17.5. The summed E-state index contributed by atoms with van der Waals surface area (Å²) in [5.41, 5.74) is 2.13. The van der Waals surface area contributed by atoms with Gasteiger partial charge in [-0.2, -0.15) is 4.99 Å². The summed E-state index contributed by atoms with van der Waals surface area (Å²) in [6, 6.07) is 21.8. The van der Waals surface area contributed by atoms with E-state index < -0.39 is 0 Å². The Morgan fingerprint density at radius 3 is 2.70 bits per heavy atom. The van der Waals surface area contributed by atoms with E-state index >= 15 is 0 Å². The molecule has 4 rings (SSSR count). The van der Waals surface area contributed by atoms with Crippen molar-refractivity contribution in [3.05, 3.63) is 84.3 Å². The second-order valence-electron chi connectivity index (χ2n) is 7.86. The van der Waals surface area contributed by atoms with Gasteiger partial charge in [-0.3, -0.25) is 0 Å². The molecule has 2 aromatic carbocycles. The van der Waals surface area contributed by atoms with Crippen LogP contribution in [0.1, 0.15) is 17.7 Å². The van der Waals surface area contributed by atoms with Gasteiger partial charge in [-0.25, -0.2) is 0 Å². The average Bonchev–Trinajstić information content (AvgIpc) is 3.48. The smallest absolute Gasteiger partial charge is 0.336 e. The number of nitrogens with zero attached hydrogens (tertiary/aromatic N) is 3. The first kappa shape index (κ1) is 22.7. The standard InChI is InChI=1S/C25H30N5O3/c1-30(21-9-3-2-4-10-21)25(28-24(19-31)29-30)27-13-7-15-32-22-11-5-8-20(16-22)17-26-18-23-12-6-14-33-23/h2-6,8-12,14,16,26,31H,7,13,15,17-19H2,1H3,(H,27,28,29)/q+1. The number of quaternary nitrogens is 1. The fourth-order valence-electron chi connectivity index (χ4n) is 3.63. The lowest BCUT2D eigenvalue weighted by Gasteiger charge is -2.24. The summed E-state index contributed by atoms with van der Waals surface area (Å²) in [6.45, 7) is 2.49. The molecule has 3 N–H and O–H groups in total. The molecule has 1 atom stereocenters. The Balaban J connectivity index is 1.23. The number of nitrogens with one attached hydrogen (secondary N) is 2. The number of hydrogen-bond acceptors (Lipinski definition) is 7. The summed E-state index contributed by atoms with van der Waals surface area (Å²) in [5.74, 6) is 2.87. The molecule has 0 saturated carbocycles. The number of aliphatic hydroxyl groups is 1. The van der Waals surface area contributed by atoms with Crippen LogP contribution in [0.15, 0.2) is 87.5 Å². The second kappa shape index (κ2) is 10.9. The van der Waals surface area contributed by atoms with Crippen LogP contribution in [0, 0.1) is 0 Å². The number of aliphatic hydroxyl groups excluding tert-OH is 1. The third-order valence-electron chi connectivity index (χ3n) is 5.34. The third kappa shape index (κ3) is 5.87. The van der Waals surface area contributed by atoms with Crippen molar-refractivity contribution in [1.82, 2.24) is 15.2 Å². The Hall–Kier alpha value is -3.46. The summed E-state index contributed by atoms with van der Waals surface area (Å²) in [4.78, 5) is 4.47. The minimum absolute atomic E-state index is 0.157. The quantitative estimate of drug-likeness (QED) is 0.309. The first-order chi connectivity index (χ1) is 16.2. The molecule has 33 heavy (non-hydrogen) atoms. The Labute approximate surface area is 193 Å². The van der Waals surface area contributed by atoms with Gasteiger partial charge in [0.25, 0.3) is 0 Å². The highest BCUT2D eigenvalue weighted by atomic mass is 16.5. The van der Waals surface area contributed by atoms with E-state index in [1.807, 2.05) is 67.7 Å². The van der Waals surface area contributed by atoms with Crippen molar-refractivity contribution in [3.8, 4) is 5.75 Å². The molecule has 0 radical (unpaired) electrons. The molecule has 8 nitrogen and oxygen atoms in total. The van der Waals surface area contributed by atoms with Crippen LogP contribution in [0.25, 0.3) is 0 Å². The summed E-state index contributed by atoms with van der Waals surface area (Å²) < 4.78 is 11.4. The molecular formula is C25H30N5O3+. The zero-order valence-electron chi connectivity index (χ0n) is 18.8. The van der Waals surface area contributed by atoms with Gasteiger partial charge >= 0.3 is 5.96 Å². The predicted octanol–water partition coefficient (Wildman–Crippen LogP) is 3.24. The molecule has 0 amide bonds. The largest absolute Gasteiger partial charge is 0.494 e. The first-order valence-electron chi connectivity index (χ1n) is 11.1. The lowest BCUT2D eigenvalue weighted by atomic mass is 10.2. The maximum Gasteiger partial charge on any atom is 0.336 e. The van der Waals surface area contributed by atoms with Gasteiger partial charge < -0.3 is 24.9 Å². The summed E-state index contributed by atoms with van der Waals surface area (Å²) in [6.07, 6.45) is 2.47. The van der Waals surface area contributed by atoms with Crippen LogP contribution in [-0.2, 0) is 13.1 Å². The van der Waals surface area contributed by atoms with Crippen molar-refractivity contribution in [1.29, 1.82) is 0 Å². The van der Waals surface area contributed by atoms with Crippen molar-refractivity contribution < 1.29 is 14.3 Å². The molecular weight excluding hydrogens is 418 g/mol. The number of amidine groups is 1. The van der Waals surface area contributed by atoms with Gasteiger partial charge in [0.2, 0.25) is 5.84 Å². The topological polar surface area (TPSA) is 91.4 Å². The molecule has 1 aliphatic rings. The fourth-order valence-corrected chi connectivity index (χ4v) is 3.63. The monoisotopic (exact) mass is 448 g/mol. The Morgan fingerprint density at radius 1 is 1.03 bits per heavy atom. The van der Waals surface area contributed by atoms with E-state index in [0.29, 0.717) is 31.5 Å². The molecule has 2 heterocycles. The average molecular weight is 449 g/mol. The second-order valence-corrected chi connectivity index (χ2v) is 7.86. The predicted molar refractivity (Wildman–Crippen MR) is 130 cm³/mol. The maximum atomic E-state index is 9.52. The van der Waals surface area contributed by atoms with Crippen molar-refractivity contribution in [2.24, 2.45) is 10.1 Å². The maximum absolute atomic E-state index is 9.52. The number of rotatable bonds is 11. The van der Waals surface area contributed by atoms with Crippen LogP contribution in [-0.4, -0.2) is 43.7 Å². The molecule has 1 aromatic heterocycles. The molecule has 0 spiro atoms. The molecule has 1 unspecified atom stereocenters. The van der Waals surface area contributed by atoms with E-state index in [2.05, 4.69) is 26.8 Å². The molecule has 0 aliphatic carbocycles. The zero-order chi connectivity index (χ0) is 22.9. The number of benzene rings is 2. The van der Waals surface area contributed by atoms with E-state index in [1.165, 1.54) is 0 Å². The number of para-hydroxylation sites is 1. The molecule has 8 heteroatoms. The number of furan rings is 1. The SMILES string of the molecule is C[N+]1(c2ccccc2)N=C(CO)N=C1NCCCOc1cccc(CNCc2ccco2)c1. The summed E-state index contributed by atoms with van der Waals surface area (Å²) in [7, 11) is 1.95. The molecule has 3 aromatic rings. The number of ether oxygens (including phenoxy) is 1. The molecule has 0 fully saturated rings. The van der Waals surface area contributed by atoms with E-state index in [1.54, 1.807) is 6.26 Å². The van der Waals surface area contributed by atoms with E-state index in [-0.39, 0.29) is 11.2 Å². The van der Waals surface area contributed by atoms with Gasteiger partial charge in [-0.15, -0.1) is 4.59 Å². The van der Waals surface area contributed by atoms with Crippen LogP contribution in [0.5, 0.6) is 5.75 Å². The Morgan fingerprint density at radius 2 is 1.91 bits per heavy atom. The van der Waals surface area contributed by atoms with E-state index in [4.69, 9.17) is 9.15 Å². The number of hydrogen-bond donors (Lipinski definition) is 3. The minimum Gasteiger partial charge on any atom is -0.494 e. The van der Waals surface area contributed by atoms with E-state index in [0.717, 1.165) is 35.7 Å². The van der Waals surface area contributed by atoms with Crippen LogP contribution in [0.4, 0.5) is 5.69 Å². The fraction of sp³-hybridized carbons (Fsp3) is 0.280. The zero-order valence-corrected chi connectivity index (χ0v) is 18.8. The van der Waals surface area contributed by atoms with Crippen molar-refractivity contribution in [2.75, 3.05) is 26.8 Å². The van der Waals surface area contributed by atoms with E-state index in [9.17, 15) is 5.11 Å². The molecule has 0 bridgehead atoms. The molecule has 172 valence electrons. The number of aliphatic imine (C=N–C) groups is 1. The highest BCUT2D eigenvalue weighted by molar-refractivity contribution is 6.06. The van der Waals surface area contributed by atoms with Crippen LogP contribution < -0.4 is 20.0 Å². The van der Waals surface area contributed by atoms with Crippen molar-refractivity contribution in [2.45, 2.75) is 19.5 Å². The lowest BCUT2D eigenvalue weighted by molar-refractivity contribution is 0.310. The molecule has 1 aliphatic heterocycles. The van der Waals surface area contributed by atoms with Gasteiger partial charge in [-0.1, -0.05) is 35.4 Å². The first-order valence-corrected chi connectivity index (χ1v) is 11.1. The Bertz CT molecular complexity index is 1080. The number of guanidine groups is 1. The van der Waals surface area contributed by atoms with Gasteiger partial charge in [-0.05, 0) is 36.2 Å². The summed E-state index contributed by atoms with van der Waals surface area (Å²) >= 11 is 0. The van der Waals surface area contributed by atoms with Crippen LogP contribution in [0.2, 0.25) is 0 Å². The van der Waals surface area contributed by atoms with Gasteiger partial charge in [0.1, 0.15) is 25.2 Å². The van der Waals surface area contributed by atoms with Gasteiger partial charge in [0.05, 0.1) is 19.4 Å². The van der Waals surface area contributed by atoms with Gasteiger partial charge in [0, 0.05) is 25.2 Å². The third-order valence-corrected chi connectivity index (χ3v) is 5.34.